The molecule has 0 radical (unpaired) electrons. The zero-order valence-corrected chi connectivity index (χ0v) is 9.52. The summed E-state index contributed by atoms with van der Waals surface area (Å²) in [5, 5.41) is 23.0. The Morgan fingerprint density at radius 2 is 2.29 bits per heavy atom. The van der Waals surface area contributed by atoms with Gasteiger partial charge in [-0.25, -0.2) is 4.39 Å². The second-order valence-corrected chi connectivity index (χ2v) is 3.73. The van der Waals surface area contributed by atoms with Gasteiger partial charge in [0.2, 0.25) is 0 Å². The van der Waals surface area contributed by atoms with Crippen molar-refractivity contribution in [1.29, 1.82) is 0 Å². The highest BCUT2D eigenvalue weighted by Crippen LogP contribution is 2.12. The summed E-state index contributed by atoms with van der Waals surface area (Å²) in [6, 6.07) is 4.53. The summed E-state index contributed by atoms with van der Waals surface area (Å²) >= 11 is 0. The van der Waals surface area contributed by atoms with E-state index in [0.29, 0.717) is 5.56 Å². The molecular formula is C11H16FN3O2. The van der Waals surface area contributed by atoms with Gasteiger partial charge in [-0.05, 0) is 13.0 Å². The Bertz CT molecular complexity index is 410. The molecule has 0 heterocycles. The first kappa shape index (κ1) is 13.4. The average Bonchev–Trinajstić information content (AvgIpc) is 2.36. The van der Waals surface area contributed by atoms with Crippen molar-refractivity contribution >= 4 is 5.84 Å². The third-order valence-corrected chi connectivity index (χ3v) is 2.38. The van der Waals surface area contributed by atoms with Crippen molar-refractivity contribution in [3.63, 3.8) is 0 Å². The summed E-state index contributed by atoms with van der Waals surface area (Å²) in [7, 11) is 0. The average molecular weight is 241 g/mol. The zero-order valence-electron chi connectivity index (χ0n) is 9.52. The summed E-state index contributed by atoms with van der Waals surface area (Å²) in [4.78, 5) is 0. The van der Waals surface area contributed by atoms with E-state index >= 15 is 0 Å². The van der Waals surface area contributed by atoms with Crippen LogP contribution in [0.5, 0.6) is 0 Å². The van der Waals surface area contributed by atoms with E-state index in [2.05, 4.69) is 10.5 Å². The molecule has 0 aromatic heterocycles. The number of rotatable bonds is 5. The molecule has 0 saturated carbocycles. The molecule has 94 valence electrons. The molecule has 5 nitrogen and oxygen atoms in total. The maximum Gasteiger partial charge on any atom is 0.173 e. The topological polar surface area (TPSA) is 90.9 Å². The van der Waals surface area contributed by atoms with Crippen molar-refractivity contribution in [3.8, 4) is 0 Å². The monoisotopic (exact) mass is 241 g/mol. The second-order valence-electron chi connectivity index (χ2n) is 3.73. The highest BCUT2D eigenvalue weighted by molar-refractivity contribution is 5.97. The van der Waals surface area contributed by atoms with Crippen molar-refractivity contribution in [1.82, 2.24) is 5.32 Å². The van der Waals surface area contributed by atoms with Crippen molar-refractivity contribution in [2.45, 2.75) is 19.5 Å². The summed E-state index contributed by atoms with van der Waals surface area (Å²) in [6.45, 7) is 2.02. The minimum absolute atomic E-state index is 0.0262. The van der Waals surface area contributed by atoms with Crippen LogP contribution < -0.4 is 11.1 Å². The lowest BCUT2D eigenvalue weighted by Gasteiger charge is -2.12. The molecule has 1 rings (SSSR count). The fourth-order valence-electron chi connectivity index (χ4n) is 1.32. The highest BCUT2D eigenvalue weighted by Gasteiger charge is 2.11. The molecule has 0 amide bonds. The maximum absolute atomic E-state index is 13.9. The first-order valence-electron chi connectivity index (χ1n) is 5.19. The number of aliphatic hydroxyl groups is 1. The van der Waals surface area contributed by atoms with Gasteiger partial charge in [0.1, 0.15) is 5.82 Å². The molecule has 6 heteroatoms. The molecule has 1 atom stereocenters. The lowest BCUT2D eigenvalue weighted by atomic mass is 10.1. The second kappa shape index (κ2) is 6.17. The van der Waals surface area contributed by atoms with Crippen LogP contribution in [0.1, 0.15) is 18.1 Å². The van der Waals surface area contributed by atoms with E-state index in [1.54, 1.807) is 19.1 Å². The van der Waals surface area contributed by atoms with Crippen LogP contribution in [-0.2, 0) is 6.54 Å². The first-order valence-corrected chi connectivity index (χ1v) is 5.19. The molecule has 0 saturated heterocycles. The van der Waals surface area contributed by atoms with Crippen LogP contribution in [0, 0.1) is 5.82 Å². The highest BCUT2D eigenvalue weighted by atomic mass is 19.1. The third-order valence-electron chi connectivity index (χ3n) is 2.38. The van der Waals surface area contributed by atoms with E-state index in [0.717, 1.165) is 0 Å². The molecule has 1 aromatic rings. The largest absolute Gasteiger partial charge is 0.409 e. The number of halogens is 1. The fourth-order valence-corrected chi connectivity index (χ4v) is 1.32. The molecule has 17 heavy (non-hydrogen) atoms. The minimum atomic E-state index is -0.527. The van der Waals surface area contributed by atoms with Gasteiger partial charge in [-0.2, -0.15) is 0 Å². The molecule has 0 bridgehead atoms. The molecule has 0 fully saturated rings. The van der Waals surface area contributed by atoms with E-state index in [1.165, 1.54) is 6.07 Å². The van der Waals surface area contributed by atoms with E-state index in [-0.39, 0.29) is 30.6 Å². The number of nitrogens with zero attached hydrogens (tertiary/aromatic N) is 1. The van der Waals surface area contributed by atoms with Gasteiger partial charge in [-0.15, -0.1) is 0 Å². The van der Waals surface area contributed by atoms with Crippen molar-refractivity contribution in [3.05, 3.63) is 35.1 Å². The molecule has 1 unspecified atom stereocenters. The lowest BCUT2D eigenvalue weighted by Crippen LogP contribution is -2.29. The standard InChI is InChI=1S/C11H16FN3O2/c1-7(6-16)14-5-8-3-2-4-9(10(8)12)11(13)15-17/h2-4,7,14,16-17H,5-6H2,1H3,(H2,13,15). The van der Waals surface area contributed by atoms with Gasteiger partial charge < -0.3 is 21.4 Å². The maximum atomic E-state index is 13.9. The number of nitrogens with one attached hydrogen (secondary N) is 1. The normalized spacial score (nSPS) is 13.7. The quantitative estimate of drug-likeness (QED) is 0.260. The Morgan fingerprint density at radius 3 is 2.88 bits per heavy atom. The van der Waals surface area contributed by atoms with Crippen LogP contribution in [0.3, 0.4) is 0 Å². The Balaban J connectivity index is 2.87. The van der Waals surface area contributed by atoms with Gasteiger partial charge in [0.15, 0.2) is 5.84 Å². The summed E-state index contributed by atoms with van der Waals surface area (Å²) in [5.41, 5.74) is 5.80. The van der Waals surface area contributed by atoms with Crippen molar-refractivity contribution in [2.75, 3.05) is 6.61 Å². The number of hydrogen-bond acceptors (Lipinski definition) is 4. The van der Waals surface area contributed by atoms with Crippen molar-refractivity contribution < 1.29 is 14.7 Å². The smallest absolute Gasteiger partial charge is 0.173 e. The Labute approximate surface area is 98.7 Å². The van der Waals surface area contributed by atoms with Crippen LogP contribution in [0.4, 0.5) is 4.39 Å². The van der Waals surface area contributed by atoms with Crippen molar-refractivity contribution in [2.24, 2.45) is 10.9 Å². The molecular weight excluding hydrogens is 225 g/mol. The number of hydrogen-bond donors (Lipinski definition) is 4. The first-order chi connectivity index (χ1) is 8.10. The Morgan fingerprint density at radius 1 is 1.59 bits per heavy atom. The molecule has 1 aromatic carbocycles. The van der Waals surface area contributed by atoms with Gasteiger partial charge in [-0.1, -0.05) is 17.3 Å². The van der Waals surface area contributed by atoms with E-state index < -0.39 is 5.82 Å². The molecule has 0 aliphatic heterocycles. The fraction of sp³-hybridized carbons (Fsp3) is 0.364. The predicted octanol–water partition coefficient (Wildman–Crippen LogP) is 0.391. The molecule has 5 N–H and O–H groups in total. The summed E-state index contributed by atoms with van der Waals surface area (Å²) in [5.74, 6) is -0.792. The van der Waals surface area contributed by atoms with Gasteiger partial charge in [0, 0.05) is 18.2 Å². The SMILES string of the molecule is CC(CO)NCc1cccc(/C(N)=N/O)c1F. The van der Waals surface area contributed by atoms with E-state index in [4.69, 9.17) is 16.0 Å². The van der Waals surface area contributed by atoms with E-state index in [9.17, 15) is 4.39 Å². The van der Waals surface area contributed by atoms with Crippen LogP contribution in [0.25, 0.3) is 0 Å². The van der Waals surface area contributed by atoms with Gasteiger partial charge >= 0.3 is 0 Å². The minimum Gasteiger partial charge on any atom is -0.409 e. The summed E-state index contributed by atoms with van der Waals surface area (Å²) in [6.07, 6.45) is 0. The molecule has 0 spiro atoms. The molecule has 0 aliphatic rings. The zero-order chi connectivity index (χ0) is 12.8. The van der Waals surface area contributed by atoms with E-state index in [1.807, 2.05) is 0 Å². The number of benzene rings is 1. The van der Waals surface area contributed by atoms with Gasteiger partial charge in [0.05, 0.1) is 12.2 Å². The third kappa shape index (κ3) is 3.40. The number of aliphatic hydroxyl groups excluding tert-OH is 1. The van der Waals surface area contributed by atoms with Crippen LogP contribution >= 0.6 is 0 Å². The van der Waals surface area contributed by atoms with Gasteiger partial charge in [0.25, 0.3) is 0 Å². The predicted molar refractivity (Wildman–Crippen MR) is 62.3 cm³/mol. The molecule has 0 aliphatic carbocycles. The lowest BCUT2D eigenvalue weighted by molar-refractivity contribution is 0.250. The van der Waals surface area contributed by atoms with Crippen LogP contribution in [-0.4, -0.2) is 28.8 Å². The Hall–Kier alpha value is -1.66. The summed E-state index contributed by atoms with van der Waals surface area (Å²) < 4.78 is 13.9. The van der Waals surface area contributed by atoms with Crippen LogP contribution in [0.2, 0.25) is 0 Å². The number of nitrogens with two attached hydrogens (primary N) is 1. The number of amidine groups is 1. The van der Waals surface area contributed by atoms with Crippen LogP contribution in [0.15, 0.2) is 23.4 Å². The van der Waals surface area contributed by atoms with Gasteiger partial charge in [-0.3, -0.25) is 0 Å². The Kier molecular flexibility index (Phi) is 4.86. The number of oxime groups is 1.